The van der Waals surface area contributed by atoms with Gasteiger partial charge in [0.2, 0.25) is 5.88 Å². The summed E-state index contributed by atoms with van der Waals surface area (Å²) in [6.07, 6.45) is 10.9. The number of aromatic nitrogens is 4. The van der Waals surface area contributed by atoms with Gasteiger partial charge in [-0.15, -0.1) is 0 Å². The molecule has 2 aliphatic carbocycles. The number of ether oxygens (including phenoxy) is 2. The van der Waals surface area contributed by atoms with Gasteiger partial charge in [-0.05, 0) is 74.5 Å². The highest BCUT2D eigenvalue weighted by molar-refractivity contribution is 5.62. The lowest BCUT2D eigenvalue weighted by molar-refractivity contribution is 0.288. The summed E-state index contributed by atoms with van der Waals surface area (Å²) in [5.74, 6) is 3.65. The summed E-state index contributed by atoms with van der Waals surface area (Å²) in [6.45, 7) is 0.445. The third-order valence-corrected chi connectivity index (χ3v) is 7.17. The van der Waals surface area contributed by atoms with Crippen molar-refractivity contribution in [2.24, 2.45) is 24.6 Å². The Morgan fingerprint density at radius 2 is 1.68 bits per heavy atom. The second kappa shape index (κ2) is 10.1. The molecule has 7 heteroatoms. The molecular weight excluding hydrogens is 426 g/mol. The molecule has 7 nitrogen and oxygen atoms in total. The van der Waals surface area contributed by atoms with Crippen molar-refractivity contribution in [2.45, 2.75) is 64.0 Å². The standard InChI is InChI=1S/C27H35N5O2/c1-32-25(13-18-3-4-18)23(16-29-32)24-15-27(34-17-20-7-11-22(33-2)12-8-20)31-26(30-24)14-19-5-9-21(28)10-6-19/h7-8,11-12,15-16,18-19,21H,3-6,9-10,13-14,17,28H2,1-2H3. The Labute approximate surface area is 201 Å². The summed E-state index contributed by atoms with van der Waals surface area (Å²) in [4.78, 5) is 9.82. The molecule has 2 heterocycles. The minimum atomic E-state index is 0.340. The normalized spacial score (nSPS) is 20.3. The monoisotopic (exact) mass is 461 g/mol. The molecule has 2 aliphatic rings. The predicted molar refractivity (Wildman–Crippen MR) is 132 cm³/mol. The number of benzene rings is 1. The lowest BCUT2D eigenvalue weighted by Gasteiger charge is -2.25. The first-order valence-electron chi connectivity index (χ1n) is 12.5. The van der Waals surface area contributed by atoms with Gasteiger partial charge in [-0.2, -0.15) is 10.1 Å². The van der Waals surface area contributed by atoms with E-state index in [0.717, 1.165) is 72.8 Å². The van der Waals surface area contributed by atoms with Gasteiger partial charge in [0.25, 0.3) is 0 Å². The van der Waals surface area contributed by atoms with Gasteiger partial charge in [-0.1, -0.05) is 12.1 Å². The maximum absolute atomic E-state index is 6.18. The summed E-state index contributed by atoms with van der Waals surface area (Å²) in [5, 5.41) is 4.56. The lowest BCUT2D eigenvalue weighted by atomic mass is 9.84. The van der Waals surface area contributed by atoms with Crippen molar-refractivity contribution in [3.05, 3.63) is 53.6 Å². The fourth-order valence-electron chi connectivity index (χ4n) is 4.82. The van der Waals surface area contributed by atoms with E-state index in [0.29, 0.717) is 24.4 Å². The van der Waals surface area contributed by atoms with E-state index in [1.165, 1.54) is 18.5 Å². The van der Waals surface area contributed by atoms with Crippen LogP contribution in [0.5, 0.6) is 11.6 Å². The van der Waals surface area contributed by atoms with Crippen LogP contribution in [0.2, 0.25) is 0 Å². The van der Waals surface area contributed by atoms with Crippen LogP contribution in [-0.4, -0.2) is 32.9 Å². The van der Waals surface area contributed by atoms with Crippen LogP contribution in [0, 0.1) is 11.8 Å². The number of methoxy groups -OCH3 is 1. The Hall–Kier alpha value is -2.93. The van der Waals surface area contributed by atoms with Crippen molar-refractivity contribution in [1.29, 1.82) is 0 Å². The van der Waals surface area contributed by atoms with Gasteiger partial charge in [0.1, 0.15) is 18.2 Å². The van der Waals surface area contributed by atoms with Crippen molar-refractivity contribution < 1.29 is 9.47 Å². The summed E-state index contributed by atoms with van der Waals surface area (Å²) >= 11 is 0. The molecule has 0 spiro atoms. The van der Waals surface area contributed by atoms with Crippen molar-refractivity contribution in [1.82, 2.24) is 19.7 Å². The van der Waals surface area contributed by atoms with E-state index in [9.17, 15) is 0 Å². The van der Waals surface area contributed by atoms with Crippen LogP contribution in [0.15, 0.2) is 36.5 Å². The number of aryl methyl sites for hydroxylation is 1. The van der Waals surface area contributed by atoms with Crippen molar-refractivity contribution >= 4 is 0 Å². The van der Waals surface area contributed by atoms with E-state index in [1.807, 2.05) is 48.3 Å². The number of nitrogens with zero attached hydrogens (tertiary/aromatic N) is 4. The molecule has 0 bridgehead atoms. The van der Waals surface area contributed by atoms with Gasteiger partial charge in [0, 0.05) is 36.8 Å². The minimum absolute atomic E-state index is 0.340. The smallest absolute Gasteiger partial charge is 0.217 e. The lowest BCUT2D eigenvalue weighted by Crippen LogP contribution is -2.27. The van der Waals surface area contributed by atoms with Crippen LogP contribution in [0.25, 0.3) is 11.3 Å². The van der Waals surface area contributed by atoms with Gasteiger partial charge in [-0.25, -0.2) is 4.98 Å². The molecule has 0 aliphatic heterocycles. The maximum atomic E-state index is 6.18. The molecule has 3 aromatic rings. The molecule has 0 radical (unpaired) electrons. The van der Waals surface area contributed by atoms with Gasteiger partial charge in [0.05, 0.1) is 19.0 Å². The van der Waals surface area contributed by atoms with E-state index in [2.05, 4.69) is 5.10 Å². The molecule has 2 N–H and O–H groups in total. The summed E-state index contributed by atoms with van der Waals surface area (Å²) in [7, 11) is 3.70. The zero-order valence-corrected chi connectivity index (χ0v) is 20.2. The SMILES string of the molecule is COc1ccc(COc2cc(-c3cnn(C)c3CC3CC3)nc(CC3CCC(N)CC3)n2)cc1. The average Bonchev–Trinajstić information content (AvgIpc) is 3.60. The van der Waals surface area contributed by atoms with Crippen molar-refractivity contribution in [3.8, 4) is 22.9 Å². The van der Waals surface area contributed by atoms with E-state index >= 15 is 0 Å². The summed E-state index contributed by atoms with van der Waals surface area (Å²) in [6, 6.07) is 10.2. The van der Waals surface area contributed by atoms with Gasteiger partial charge < -0.3 is 15.2 Å². The Kier molecular flexibility index (Phi) is 6.81. The van der Waals surface area contributed by atoms with E-state index < -0.39 is 0 Å². The molecule has 1 aromatic carbocycles. The molecule has 5 rings (SSSR count). The first-order valence-corrected chi connectivity index (χ1v) is 12.5. The van der Waals surface area contributed by atoms with E-state index in [4.69, 9.17) is 25.2 Å². The summed E-state index contributed by atoms with van der Waals surface area (Å²) in [5.41, 5.74) is 10.4. The van der Waals surface area contributed by atoms with Crippen LogP contribution in [0.1, 0.15) is 55.6 Å². The molecule has 180 valence electrons. The fraction of sp³-hybridized carbons (Fsp3) is 0.519. The topological polar surface area (TPSA) is 88.1 Å². The van der Waals surface area contributed by atoms with Gasteiger partial charge in [-0.3, -0.25) is 4.68 Å². The number of rotatable bonds is 9. The molecule has 2 saturated carbocycles. The zero-order valence-electron chi connectivity index (χ0n) is 20.2. The number of hydrogen-bond acceptors (Lipinski definition) is 6. The molecule has 0 atom stereocenters. The Bertz CT molecular complexity index is 1100. The Morgan fingerprint density at radius 1 is 0.971 bits per heavy atom. The Balaban J connectivity index is 1.40. The van der Waals surface area contributed by atoms with Gasteiger partial charge >= 0.3 is 0 Å². The molecule has 0 amide bonds. The van der Waals surface area contributed by atoms with Crippen LogP contribution < -0.4 is 15.2 Å². The molecule has 0 unspecified atom stereocenters. The second-order valence-corrected chi connectivity index (χ2v) is 9.91. The van der Waals surface area contributed by atoms with Crippen molar-refractivity contribution in [2.75, 3.05) is 7.11 Å². The highest BCUT2D eigenvalue weighted by atomic mass is 16.5. The van der Waals surface area contributed by atoms with E-state index in [1.54, 1.807) is 7.11 Å². The quantitative estimate of drug-likeness (QED) is 0.506. The fourth-order valence-corrected chi connectivity index (χ4v) is 4.82. The largest absolute Gasteiger partial charge is 0.497 e. The van der Waals surface area contributed by atoms with Crippen LogP contribution in [-0.2, 0) is 26.5 Å². The highest BCUT2D eigenvalue weighted by Gasteiger charge is 2.26. The van der Waals surface area contributed by atoms with Crippen LogP contribution >= 0.6 is 0 Å². The molecule has 2 fully saturated rings. The third kappa shape index (κ3) is 5.58. The van der Waals surface area contributed by atoms with Crippen LogP contribution in [0.4, 0.5) is 0 Å². The van der Waals surface area contributed by atoms with Gasteiger partial charge in [0.15, 0.2) is 0 Å². The number of nitrogens with two attached hydrogens (primary N) is 1. The second-order valence-electron chi connectivity index (χ2n) is 9.91. The average molecular weight is 462 g/mol. The predicted octanol–water partition coefficient (Wildman–Crippen LogP) is 4.48. The molecule has 0 saturated heterocycles. The zero-order chi connectivity index (χ0) is 23.5. The summed E-state index contributed by atoms with van der Waals surface area (Å²) < 4.78 is 13.4. The molecular formula is C27H35N5O2. The maximum Gasteiger partial charge on any atom is 0.217 e. The van der Waals surface area contributed by atoms with Crippen molar-refractivity contribution in [3.63, 3.8) is 0 Å². The third-order valence-electron chi connectivity index (χ3n) is 7.17. The first-order chi connectivity index (χ1) is 16.6. The number of hydrogen-bond donors (Lipinski definition) is 1. The Morgan fingerprint density at radius 3 is 2.38 bits per heavy atom. The molecule has 34 heavy (non-hydrogen) atoms. The first kappa shape index (κ1) is 22.8. The highest BCUT2D eigenvalue weighted by Crippen LogP contribution is 2.36. The minimum Gasteiger partial charge on any atom is -0.497 e. The van der Waals surface area contributed by atoms with Crippen LogP contribution in [0.3, 0.4) is 0 Å². The molecule has 2 aromatic heterocycles. The van der Waals surface area contributed by atoms with E-state index in [-0.39, 0.29) is 0 Å².